The summed E-state index contributed by atoms with van der Waals surface area (Å²) >= 11 is 0. The number of aromatic nitrogens is 1. The number of carbonyl (C=O) groups is 1. The zero-order valence-corrected chi connectivity index (χ0v) is 21.7. The largest absolute Gasteiger partial charge is 0.397 e. The molecule has 0 aliphatic rings. The molecule has 4 aromatic rings. The fraction of sp³-hybridized carbons (Fsp3) is 0.258. The van der Waals surface area contributed by atoms with E-state index in [1.165, 1.54) is 0 Å². The molecular formula is C31H36N4O2. The third-order valence-electron chi connectivity index (χ3n) is 6.71. The molecule has 0 spiro atoms. The molecule has 0 aliphatic heterocycles. The molecule has 0 unspecified atom stereocenters. The number of benzene rings is 3. The molecular weight excluding hydrogens is 460 g/mol. The van der Waals surface area contributed by atoms with Crippen LogP contribution in [0, 0.1) is 0 Å². The minimum Gasteiger partial charge on any atom is -0.397 e. The molecule has 0 aliphatic carbocycles. The number of nitrogen functional groups attached to an aromatic ring is 1. The maximum atomic E-state index is 13.3. The molecule has 6 nitrogen and oxygen atoms in total. The Balaban J connectivity index is 1.57. The first kappa shape index (κ1) is 26.2. The average molecular weight is 497 g/mol. The summed E-state index contributed by atoms with van der Waals surface area (Å²) in [6, 6.07) is 21.6. The lowest BCUT2D eigenvalue weighted by molar-refractivity contribution is 0.102. The number of methoxy groups -OCH3 is 1. The second-order valence-corrected chi connectivity index (χ2v) is 9.12. The van der Waals surface area contributed by atoms with Gasteiger partial charge in [-0.2, -0.15) is 0 Å². The molecule has 0 fully saturated rings. The van der Waals surface area contributed by atoms with Crippen molar-refractivity contribution in [1.29, 1.82) is 0 Å². The van der Waals surface area contributed by atoms with Crippen molar-refractivity contribution in [3.05, 3.63) is 96.7 Å². The van der Waals surface area contributed by atoms with Crippen molar-refractivity contribution in [2.24, 2.45) is 0 Å². The van der Waals surface area contributed by atoms with Crippen LogP contribution < -0.4 is 11.1 Å². The van der Waals surface area contributed by atoms with Gasteiger partial charge in [-0.1, -0.05) is 49.4 Å². The molecule has 0 bridgehead atoms. The van der Waals surface area contributed by atoms with Gasteiger partial charge in [0.25, 0.3) is 5.91 Å². The van der Waals surface area contributed by atoms with Crippen molar-refractivity contribution in [3.63, 3.8) is 0 Å². The molecule has 6 heteroatoms. The van der Waals surface area contributed by atoms with Crippen LogP contribution in [0.4, 0.5) is 11.4 Å². The number of carbonyl (C=O) groups excluding carboxylic acids is 1. The Bertz CT molecular complexity index is 1360. The van der Waals surface area contributed by atoms with E-state index in [2.05, 4.69) is 34.5 Å². The fourth-order valence-electron chi connectivity index (χ4n) is 4.58. The number of anilines is 2. The van der Waals surface area contributed by atoms with E-state index in [1.54, 1.807) is 7.11 Å². The first-order valence-electron chi connectivity index (χ1n) is 12.7. The molecule has 0 atom stereocenters. The van der Waals surface area contributed by atoms with Crippen LogP contribution in [0.2, 0.25) is 0 Å². The minimum atomic E-state index is -0.187. The van der Waals surface area contributed by atoms with Crippen LogP contribution in [0.25, 0.3) is 22.0 Å². The Labute approximate surface area is 219 Å². The van der Waals surface area contributed by atoms with E-state index in [4.69, 9.17) is 10.5 Å². The van der Waals surface area contributed by atoms with Crippen molar-refractivity contribution in [2.75, 3.05) is 44.4 Å². The lowest BCUT2D eigenvalue weighted by Crippen LogP contribution is -2.30. The molecule has 0 radical (unpaired) electrons. The van der Waals surface area contributed by atoms with Crippen LogP contribution in [-0.2, 0) is 17.7 Å². The van der Waals surface area contributed by atoms with Crippen LogP contribution >= 0.6 is 0 Å². The van der Waals surface area contributed by atoms with Gasteiger partial charge in [0.15, 0.2) is 0 Å². The van der Waals surface area contributed by atoms with Gasteiger partial charge in [0.05, 0.1) is 18.0 Å². The topological polar surface area (TPSA) is 72.5 Å². The van der Waals surface area contributed by atoms with Gasteiger partial charge in [0.1, 0.15) is 0 Å². The molecule has 1 heterocycles. The van der Waals surface area contributed by atoms with Crippen molar-refractivity contribution in [1.82, 2.24) is 9.47 Å². The maximum absolute atomic E-state index is 13.3. The number of rotatable bonds is 12. The number of ether oxygens (including phenoxy) is 1. The van der Waals surface area contributed by atoms with Crippen molar-refractivity contribution < 1.29 is 9.53 Å². The number of nitrogens with one attached hydrogen (secondary N) is 1. The fourth-order valence-corrected chi connectivity index (χ4v) is 4.58. The molecule has 3 aromatic carbocycles. The van der Waals surface area contributed by atoms with Crippen molar-refractivity contribution >= 4 is 28.2 Å². The van der Waals surface area contributed by atoms with Gasteiger partial charge in [-0.05, 0) is 60.0 Å². The van der Waals surface area contributed by atoms with Crippen LogP contribution in [-0.4, -0.2) is 48.7 Å². The van der Waals surface area contributed by atoms with E-state index in [9.17, 15) is 4.79 Å². The highest BCUT2D eigenvalue weighted by Gasteiger charge is 2.14. The van der Waals surface area contributed by atoms with Crippen molar-refractivity contribution in [3.8, 4) is 11.1 Å². The Kier molecular flexibility index (Phi) is 8.77. The monoisotopic (exact) mass is 496 g/mol. The molecule has 4 rings (SSSR count). The third-order valence-corrected chi connectivity index (χ3v) is 6.71. The highest BCUT2D eigenvalue weighted by atomic mass is 16.5. The number of hydrogen-bond donors (Lipinski definition) is 2. The zero-order valence-electron chi connectivity index (χ0n) is 21.7. The summed E-state index contributed by atoms with van der Waals surface area (Å²) in [5.41, 5.74) is 12.3. The van der Waals surface area contributed by atoms with Gasteiger partial charge in [0.2, 0.25) is 0 Å². The molecule has 1 aromatic heterocycles. The van der Waals surface area contributed by atoms with Gasteiger partial charge >= 0.3 is 0 Å². The molecule has 192 valence electrons. The lowest BCUT2D eigenvalue weighted by Gasteiger charge is -2.20. The molecule has 0 saturated heterocycles. The van der Waals surface area contributed by atoms with Gasteiger partial charge in [-0.15, -0.1) is 6.58 Å². The third kappa shape index (κ3) is 6.28. The van der Waals surface area contributed by atoms with Crippen LogP contribution in [0.15, 0.2) is 85.6 Å². The second-order valence-electron chi connectivity index (χ2n) is 9.12. The van der Waals surface area contributed by atoms with E-state index >= 15 is 0 Å². The maximum Gasteiger partial charge on any atom is 0.255 e. The number of likely N-dealkylation sites (N-methyl/N-ethyl adjacent to an activating group) is 1. The average Bonchev–Trinajstić information content (AvgIpc) is 3.27. The smallest absolute Gasteiger partial charge is 0.255 e. The quantitative estimate of drug-likeness (QED) is 0.191. The second kappa shape index (κ2) is 12.4. The van der Waals surface area contributed by atoms with Crippen LogP contribution in [0.1, 0.15) is 22.8 Å². The number of allylic oxidation sites excluding steroid dienone is 1. The highest BCUT2D eigenvalue weighted by molar-refractivity contribution is 6.08. The molecule has 0 saturated carbocycles. The highest BCUT2D eigenvalue weighted by Crippen LogP contribution is 2.29. The van der Waals surface area contributed by atoms with Gasteiger partial charge in [-0.25, -0.2) is 0 Å². The summed E-state index contributed by atoms with van der Waals surface area (Å²) in [6.45, 7) is 10.5. The Hall–Kier alpha value is -3.87. The molecule has 37 heavy (non-hydrogen) atoms. The van der Waals surface area contributed by atoms with Gasteiger partial charge < -0.3 is 20.4 Å². The Morgan fingerprint density at radius 3 is 2.62 bits per heavy atom. The summed E-state index contributed by atoms with van der Waals surface area (Å²) in [5.74, 6) is -0.187. The summed E-state index contributed by atoms with van der Waals surface area (Å²) in [6.07, 6.45) is 4.82. The Morgan fingerprint density at radius 2 is 1.89 bits per heavy atom. The van der Waals surface area contributed by atoms with E-state index in [0.717, 1.165) is 66.8 Å². The van der Waals surface area contributed by atoms with Crippen LogP contribution in [0.3, 0.4) is 0 Å². The van der Waals surface area contributed by atoms with E-state index in [1.807, 2.05) is 72.8 Å². The summed E-state index contributed by atoms with van der Waals surface area (Å²) in [5, 5.41) is 4.09. The summed E-state index contributed by atoms with van der Waals surface area (Å²) in [7, 11) is 1.73. The minimum absolute atomic E-state index is 0.187. The number of amides is 1. The van der Waals surface area contributed by atoms with Crippen LogP contribution in [0.5, 0.6) is 0 Å². The molecule has 1 amide bonds. The van der Waals surface area contributed by atoms with Crippen molar-refractivity contribution in [2.45, 2.75) is 19.9 Å². The number of fused-ring (bicyclic) bond motifs is 1. The van der Waals surface area contributed by atoms with E-state index in [-0.39, 0.29) is 5.91 Å². The summed E-state index contributed by atoms with van der Waals surface area (Å²) in [4.78, 5) is 15.6. The number of nitrogens with two attached hydrogens (primary N) is 1. The molecule has 3 N–H and O–H groups in total. The predicted molar refractivity (Wildman–Crippen MR) is 154 cm³/mol. The number of nitrogens with zero attached hydrogens (tertiary/aromatic N) is 2. The van der Waals surface area contributed by atoms with Gasteiger partial charge in [0, 0.05) is 49.4 Å². The Morgan fingerprint density at radius 1 is 1.08 bits per heavy atom. The van der Waals surface area contributed by atoms with Gasteiger partial charge in [-0.3, -0.25) is 9.69 Å². The lowest BCUT2D eigenvalue weighted by atomic mass is 10.0. The predicted octanol–water partition coefficient (Wildman–Crippen LogP) is 5.84. The van der Waals surface area contributed by atoms with E-state index < -0.39 is 0 Å². The SMILES string of the molecule is C=CCc1cn(CCN(CC)CCOC)c2ccc(C(=O)Nc3cc(-c4ccccc4)ccc3N)cc12. The standard InChI is InChI=1S/C31H36N4O2/c1-4-9-26-22-35(17-16-34(5-2)18-19-37-3)30-15-13-25(20-27(26)30)31(36)33-29-21-24(12-14-28(29)32)23-10-7-6-8-11-23/h4,6-8,10-15,20-22H,1,5,9,16-19,32H2,2-3H3,(H,33,36). The first-order valence-corrected chi connectivity index (χ1v) is 12.7. The normalized spacial score (nSPS) is 11.2. The van der Waals surface area contributed by atoms with E-state index in [0.29, 0.717) is 16.9 Å². The zero-order chi connectivity index (χ0) is 26.2. The number of hydrogen-bond acceptors (Lipinski definition) is 4. The first-order chi connectivity index (χ1) is 18.0. The summed E-state index contributed by atoms with van der Waals surface area (Å²) < 4.78 is 7.51.